The highest BCUT2D eigenvalue weighted by atomic mass is 16.6. The zero-order chi connectivity index (χ0) is 12.4. The van der Waals surface area contributed by atoms with Crippen molar-refractivity contribution < 1.29 is 9.63 Å². The second kappa shape index (κ2) is 4.53. The van der Waals surface area contributed by atoms with Gasteiger partial charge in [0.2, 0.25) is 0 Å². The molecule has 0 aliphatic heterocycles. The first-order valence-corrected chi connectivity index (χ1v) is 5.68. The van der Waals surface area contributed by atoms with Crippen LogP contribution in [0, 0.1) is 0 Å². The second-order valence-electron chi connectivity index (χ2n) is 3.98. The van der Waals surface area contributed by atoms with Crippen molar-refractivity contribution in [2.24, 2.45) is 5.16 Å². The molecule has 0 radical (unpaired) electrons. The summed E-state index contributed by atoms with van der Waals surface area (Å²) in [5, 5.41) is 4.12. The number of hydrogen-bond acceptors (Lipinski definition) is 3. The summed E-state index contributed by atoms with van der Waals surface area (Å²) in [6.07, 6.45) is 0. The Labute approximate surface area is 101 Å². The third-order valence-electron chi connectivity index (χ3n) is 2.97. The molecule has 3 nitrogen and oxygen atoms in total. The van der Waals surface area contributed by atoms with Crippen molar-refractivity contribution in [2.75, 3.05) is 6.61 Å². The van der Waals surface area contributed by atoms with Gasteiger partial charge in [-0.1, -0.05) is 29.4 Å². The summed E-state index contributed by atoms with van der Waals surface area (Å²) in [7, 11) is 0. The van der Waals surface area contributed by atoms with Crippen LogP contribution in [0.15, 0.2) is 40.6 Å². The minimum atomic E-state index is 0.0774. The largest absolute Gasteiger partial charge is 0.396 e. The van der Waals surface area contributed by atoms with Crippen LogP contribution in [0.4, 0.5) is 0 Å². The maximum atomic E-state index is 12.1. The quantitative estimate of drug-likeness (QED) is 0.731. The van der Waals surface area contributed by atoms with Gasteiger partial charge in [0.1, 0.15) is 12.3 Å². The van der Waals surface area contributed by atoms with E-state index in [-0.39, 0.29) is 5.78 Å². The third kappa shape index (κ3) is 1.88. The number of rotatable bonds is 2. The van der Waals surface area contributed by atoms with Crippen LogP contribution in [-0.2, 0) is 4.84 Å². The van der Waals surface area contributed by atoms with Crippen molar-refractivity contribution in [1.29, 1.82) is 0 Å². The topological polar surface area (TPSA) is 38.7 Å². The third-order valence-corrected chi connectivity index (χ3v) is 2.97. The van der Waals surface area contributed by atoms with Crippen molar-refractivity contribution in [3.05, 3.63) is 46.5 Å². The number of oxime groups is 1. The maximum Gasteiger partial charge on any atom is 0.189 e. The summed E-state index contributed by atoms with van der Waals surface area (Å²) in [5.41, 5.74) is 3.95. The number of fused-ring (bicyclic) bond motifs is 1. The van der Waals surface area contributed by atoms with Gasteiger partial charge in [-0.15, -0.1) is 0 Å². The molecular formula is C14H15NO2. The van der Waals surface area contributed by atoms with Gasteiger partial charge in [-0.2, -0.15) is 0 Å². The number of Topliss-reactive ketones (excluding diaryl/α,β-unsaturated/α-hetero) is 1. The molecule has 0 heterocycles. The lowest BCUT2D eigenvalue weighted by Gasteiger charge is -2.19. The highest BCUT2D eigenvalue weighted by Crippen LogP contribution is 2.26. The Morgan fingerprint density at radius 3 is 2.41 bits per heavy atom. The lowest BCUT2D eigenvalue weighted by Crippen LogP contribution is -2.20. The molecule has 1 aliphatic rings. The molecule has 0 aromatic heterocycles. The molecule has 0 saturated carbocycles. The Hall–Kier alpha value is -1.90. The van der Waals surface area contributed by atoms with Crippen LogP contribution in [0.5, 0.6) is 0 Å². The number of hydrogen-bond donors (Lipinski definition) is 0. The Morgan fingerprint density at radius 2 is 1.76 bits per heavy atom. The summed E-state index contributed by atoms with van der Waals surface area (Å²) in [6.45, 7) is 6.14. The fraction of sp³-hybridized carbons (Fsp3) is 0.286. The van der Waals surface area contributed by atoms with Crippen LogP contribution >= 0.6 is 0 Å². The Bertz CT molecular complexity index is 527. The molecule has 17 heavy (non-hydrogen) atoms. The van der Waals surface area contributed by atoms with Gasteiger partial charge < -0.3 is 4.84 Å². The highest BCUT2D eigenvalue weighted by molar-refractivity contribution is 6.28. The van der Waals surface area contributed by atoms with E-state index in [1.807, 2.05) is 45.0 Å². The molecule has 0 atom stereocenters. The lowest BCUT2D eigenvalue weighted by molar-refractivity contribution is 0.103. The minimum Gasteiger partial charge on any atom is -0.396 e. The van der Waals surface area contributed by atoms with E-state index in [2.05, 4.69) is 5.16 Å². The van der Waals surface area contributed by atoms with Crippen LogP contribution < -0.4 is 0 Å². The summed E-state index contributed by atoms with van der Waals surface area (Å²) in [5.74, 6) is 0.0774. The molecule has 0 spiro atoms. The van der Waals surface area contributed by atoms with E-state index >= 15 is 0 Å². The number of carbonyl (C=O) groups excluding carboxylic acids is 1. The highest BCUT2D eigenvalue weighted by Gasteiger charge is 2.25. The van der Waals surface area contributed by atoms with Crippen LogP contribution in [0.2, 0.25) is 0 Å². The Kier molecular flexibility index (Phi) is 3.09. The minimum absolute atomic E-state index is 0.0774. The molecule has 0 bridgehead atoms. The average Bonchev–Trinajstić information content (AvgIpc) is 2.36. The van der Waals surface area contributed by atoms with Gasteiger partial charge in [0, 0.05) is 16.7 Å². The molecule has 0 N–H and O–H groups in total. The van der Waals surface area contributed by atoms with E-state index in [0.717, 1.165) is 22.4 Å². The monoisotopic (exact) mass is 229 g/mol. The number of carbonyl (C=O) groups is 1. The molecule has 1 aromatic carbocycles. The van der Waals surface area contributed by atoms with Crippen molar-refractivity contribution in [2.45, 2.75) is 20.8 Å². The van der Waals surface area contributed by atoms with Crippen molar-refractivity contribution in [1.82, 2.24) is 0 Å². The molecule has 0 unspecified atom stereocenters. The SMILES string of the molecule is CCO/N=C1/C(C)=C(C)C(=O)c2ccccc21. The molecule has 1 aliphatic carbocycles. The van der Waals surface area contributed by atoms with E-state index < -0.39 is 0 Å². The molecule has 0 fully saturated rings. The average molecular weight is 229 g/mol. The number of ketones is 1. The zero-order valence-corrected chi connectivity index (χ0v) is 10.3. The van der Waals surface area contributed by atoms with Crippen LogP contribution in [0.25, 0.3) is 0 Å². The first kappa shape index (κ1) is 11.6. The van der Waals surface area contributed by atoms with Gasteiger partial charge in [0.05, 0.1) is 0 Å². The fourth-order valence-electron chi connectivity index (χ4n) is 1.89. The van der Waals surface area contributed by atoms with E-state index in [1.165, 1.54) is 0 Å². The van der Waals surface area contributed by atoms with Crippen LogP contribution in [0.1, 0.15) is 36.7 Å². The summed E-state index contributed by atoms with van der Waals surface area (Å²) >= 11 is 0. The normalized spacial score (nSPS) is 17.4. The van der Waals surface area contributed by atoms with Gasteiger partial charge in [-0.25, -0.2) is 0 Å². The van der Waals surface area contributed by atoms with Crippen LogP contribution in [-0.4, -0.2) is 18.1 Å². The Balaban J connectivity index is 2.62. The number of nitrogens with zero attached hydrogens (tertiary/aromatic N) is 1. The summed E-state index contributed by atoms with van der Waals surface area (Å²) in [6, 6.07) is 7.50. The van der Waals surface area contributed by atoms with Gasteiger partial charge in [0.25, 0.3) is 0 Å². The second-order valence-corrected chi connectivity index (χ2v) is 3.98. The van der Waals surface area contributed by atoms with Gasteiger partial charge in [-0.05, 0) is 26.3 Å². The zero-order valence-electron chi connectivity index (χ0n) is 10.3. The molecule has 88 valence electrons. The molecule has 2 rings (SSSR count). The molecule has 0 saturated heterocycles. The Morgan fingerprint density at radius 1 is 1.12 bits per heavy atom. The number of allylic oxidation sites excluding steroid dienone is 2. The van der Waals surface area contributed by atoms with Crippen molar-refractivity contribution in [3.63, 3.8) is 0 Å². The summed E-state index contributed by atoms with van der Waals surface area (Å²) in [4.78, 5) is 17.2. The van der Waals surface area contributed by atoms with E-state index in [1.54, 1.807) is 0 Å². The fourth-order valence-corrected chi connectivity index (χ4v) is 1.89. The van der Waals surface area contributed by atoms with Gasteiger partial charge in [-0.3, -0.25) is 4.79 Å². The van der Waals surface area contributed by atoms with E-state index in [4.69, 9.17) is 4.84 Å². The van der Waals surface area contributed by atoms with E-state index in [0.29, 0.717) is 12.2 Å². The van der Waals surface area contributed by atoms with E-state index in [9.17, 15) is 4.79 Å². The first-order chi connectivity index (χ1) is 8.16. The molecule has 0 amide bonds. The predicted octanol–water partition coefficient (Wildman–Crippen LogP) is 2.96. The smallest absolute Gasteiger partial charge is 0.189 e. The standard InChI is InChI=1S/C14H15NO2/c1-4-17-15-13-9(2)10(3)14(16)12-8-6-5-7-11(12)13/h5-8H,4H2,1-3H3/b15-13-. The van der Waals surface area contributed by atoms with Crippen LogP contribution in [0.3, 0.4) is 0 Å². The molecular weight excluding hydrogens is 214 g/mol. The number of benzene rings is 1. The predicted molar refractivity (Wildman–Crippen MR) is 67.3 cm³/mol. The van der Waals surface area contributed by atoms with Crippen molar-refractivity contribution >= 4 is 11.5 Å². The molecule has 3 heteroatoms. The maximum absolute atomic E-state index is 12.1. The lowest BCUT2D eigenvalue weighted by atomic mass is 9.85. The molecule has 1 aromatic rings. The van der Waals surface area contributed by atoms with Gasteiger partial charge >= 0.3 is 0 Å². The summed E-state index contributed by atoms with van der Waals surface area (Å²) < 4.78 is 0. The van der Waals surface area contributed by atoms with Gasteiger partial charge in [0.15, 0.2) is 5.78 Å². The van der Waals surface area contributed by atoms with Crippen molar-refractivity contribution in [3.8, 4) is 0 Å². The first-order valence-electron chi connectivity index (χ1n) is 5.68.